The Labute approximate surface area is 338 Å². The lowest BCUT2D eigenvalue weighted by Gasteiger charge is -2.36. The summed E-state index contributed by atoms with van der Waals surface area (Å²) in [5.74, 6) is 1.99. The highest BCUT2D eigenvalue weighted by Crippen LogP contribution is 2.29. The number of likely N-dealkylation sites (tertiary alicyclic amines) is 1. The van der Waals surface area contributed by atoms with E-state index in [1.165, 1.54) is 11.1 Å². The second-order valence-electron chi connectivity index (χ2n) is 16.4. The quantitative estimate of drug-likeness (QED) is 0.119. The summed E-state index contributed by atoms with van der Waals surface area (Å²) in [6, 6.07) is 18.9. The fourth-order valence-corrected chi connectivity index (χ4v) is 9.05. The van der Waals surface area contributed by atoms with Crippen LogP contribution in [0.15, 0.2) is 54.6 Å². The topological polar surface area (TPSA) is 150 Å². The van der Waals surface area contributed by atoms with Crippen molar-refractivity contribution in [1.29, 1.82) is 0 Å². The number of hydrogen-bond acceptors (Lipinski definition) is 10. The average molecular weight is 779 g/mol. The van der Waals surface area contributed by atoms with Crippen molar-refractivity contribution in [2.75, 3.05) is 43.4 Å². The van der Waals surface area contributed by atoms with Crippen molar-refractivity contribution in [2.45, 2.75) is 133 Å². The zero-order chi connectivity index (χ0) is 39.4. The summed E-state index contributed by atoms with van der Waals surface area (Å²) < 4.78 is 5.42. The molecule has 57 heavy (non-hydrogen) atoms. The minimum Gasteiger partial charge on any atom is -0.465 e. The maximum Gasteiger partial charge on any atom is 0.327 e. The lowest BCUT2D eigenvalue weighted by molar-refractivity contribution is -0.150. The molecule has 2 saturated heterocycles. The molecule has 2 aromatic heterocycles. The number of nitrogens with one attached hydrogen (secondary N) is 5. The molecule has 0 saturated carbocycles. The molecule has 7 rings (SSSR count). The molecule has 4 atom stereocenters. The highest BCUT2D eigenvalue weighted by molar-refractivity contribution is 5.78. The number of esters is 1. The van der Waals surface area contributed by atoms with Gasteiger partial charge in [-0.1, -0.05) is 42.5 Å². The van der Waals surface area contributed by atoms with Crippen LogP contribution < -0.4 is 26.6 Å². The van der Waals surface area contributed by atoms with E-state index in [2.05, 4.69) is 55.7 Å². The number of carbonyl (C=O) groups excluding carboxylic acids is 3. The molecule has 5 N–H and O–H groups in total. The number of rotatable bonds is 16. The van der Waals surface area contributed by atoms with Crippen molar-refractivity contribution < 1.29 is 19.1 Å². The molecule has 306 valence electrons. The van der Waals surface area contributed by atoms with Crippen LogP contribution in [0, 0.1) is 0 Å². The standard InChI is InChI=1S/C45H62N8O4/c1-2-57-45(56)42(31-9-4-3-5-10-31)53-27-23-36(24-28-53)48-40(54)14-7-13-35-20-17-33-18-21-37(52-44(33)51-35)29-39-30-38(22-26-46-39)49-41(55)15-6-12-34-19-16-32-11-8-25-47-43(32)50-34/h3-5,9-10,16-17,19-20,36-39,42,46H,2,6-8,11-15,18,21-30H2,1H3,(H,47,50)(H,48,54)(H,49,55)(H,51,52). The average Bonchev–Trinajstić information content (AvgIpc) is 3.22. The van der Waals surface area contributed by atoms with E-state index in [-0.39, 0.29) is 29.9 Å². The Balaban J connectivity index is 0.797. The van der Waals surface area contributed by atoms with Gasteiger partial charge in [0.25, 0.3) is 0 Å². The minimum absolute atomic E-state index is 0.0734. The van der Waals surface area contributed by atoms with Crippen molar-refractivity contribution >= 4 is 29.4 Å². The van der Waals surface area contributed by atoms with Gasteiger partial charge >= 0.3 is 5.97 Å². The van der Waals surface area contributed by atoms with Crippen LogP contribution >= 0.6 is 0 Å². The van der Waals surface area contributed by atoms with Crippen molar-refractivity contribution in [3.05, 3.63) is 82.7 Å². The molecule has 4 aliphatic heterocycles. The van der Waals surface area contributed by atoms with Gasteiger partial charge in [0, 0.05) is 68.0 Å². The van der Waals surface area contributed by atoms with Gasteiger partial charge < -0.3 is 31.3 Å². The summed E-state index contributed by atoms with van der Waals surface area (Å²) in [5.41, 5.74) is 5.55. The highest BCUT2D eigenvalue weighted by Gasteiger charge is 2.33. The van der Waals surface area contributed by atoms with Gasteiger partial charge in [0.15, 0.2) is 0 Å². The molecule has 0 aliphatic carbocycles. The Morgan fingerprint density at radius 1 is 0.789 bits per heavy atom. The normalized spacial score (nSPS) is 21.5. The van der Waals surface area contributed by atoms with E-state index in [4.69, 9.17) is 14.7 Å². The number of aromatic nitrogens is 2. The maximum absolute atomic E-state index is 13.0. The number of ether oxygens (including phenoxy) is 1. The molecule has 1 aromatic carbocycles. The van der Waals surface area contributed by atoms with Gasteiger partial charge in [-0.05, 0) is 126 Å². The smallest absolute Gasteiger partial charge is 0.327 e. The first-order chi connectivity index (χ1) is 27.9. The van der Waals surface area contributed by atoms with Crippen LogP contribution in [0.4, 0.5) is 11.6 Å². The zero-order valence-corrected chi connectivity index (χ0v) is 33.7. The predicted molar refractivity (Wildman–Crippen MR) is 223 cm³/mol. The third-order valence-electron chi connectivity index (χ3n) is 12.1. The van der Waals surface area contributed by atoms with Crippen LogP contribution in [0.25, 0.3) is 0 Å². The summed E-state index contributed by atoms with van der Waals surface area (Å²) in [6.45, 7) is 5.51. The number of fused-ring (bicyclic) bond motifs is 2. The number of benzene rings is 1. The lowest BCUT2D eigenvalue weighted by Crippen LogP contribution is -2.49. The fraction of sp³-hybridized carbons (Fsp3) is 0.578. The summed E-state index contributed by atoms with van der Waals surface area (Å²) >= 11 is 0. The van der Waals surface area contributed by atoms with Crippen molar-refractivity contribution in [3.8, 4) is 0 Å². The van der Waals surface area contributed by atoms with Gasteiger partial charge in [-0.3, -0.25) is 14.5 Å². The molecule has 4 unspecified atom stereocenters. The van der Waals surface area contributed by atoms with Crippen LogP contribution in [0.5, 0.6) is 0 Å². The van der Waals surface area contributed by atoms with Gasteiger partial charge in [-0.15, -0.1) is 0 Å². The Bertz CT molecular complexity index is 1800. The molecule has 12 nitrogen and oxygen atoms in total. The summed E-state index contributed by atoms with van der Waals surface area (Å²) in [7, 11) is 0. The zero-order valence-electron chi connectivity index (χ0n) is 33.7. The van der Waals surface area contributed by atoms with Gasteiger partial charge in [0.1, 0.15) is 17.7 Å². The molecular formula is C45H62N8O4. The molecule has 6 heterocycles. The van der Waals surface area contributed by atoms with Crippen LogP contribution in [-0.4, -0.2) is 89.6 Å². The van der Waals surface area contributed by atoms with Gasteiger partial charge in [0.2, 0.25) is 11.8 Å². The number of anilines is 2. The third kappa shape index (κ3) is 11.5. The van der Waals surface area contributed by atoms with E-state index in [0.717, 1.165) is 138 Å². The Morgan fingerprint density at radius 3 is 2.19 bits per heavy atom. The molecule has 2 amide bonds. The number of nitrogens with zero attached hydrogens (tertiary/aromatic N) is 3. The monoisotopic (exact) mass is 778 g/mol. The molecule has 0 radical (unpaired) electrons. The van der Waals surface area contributed by atoms with E-state index < -0.39 is 6.04 Å². The number of hydrogen-bond donors (Lipinski definition) is 5. The van der Waals surface area contributed by atoms with Crippen LogP contribution in [0.2, 0.25) is 0 Å². The van der Waals surface area contributed by atoms with E-state index >= 15 is 0 Å². The predicted octanol–water partition coefficient (Wildman–Crippen LogP) is 5.42. The largest absolute Gasteiger partial charge is 0.465 e. The molecule has 2 fully saturated rings. The SMILES string of the molecule is CCOC(=O)C(c1ccccc1)N1CCC(NC(=O)CCCc2ccc3c(n2)NC(CC2CC(NC(=O)CCCc4ccc5c(n4)NCCC5)CCN2)CC3)CC1. The third-order valence-corrected chi connectivity index (χ3v) is 12.1. The first-order valence-corrected chi connectivity index (χ1v) is 21.7. The van der Waals surface area contributed by atoms with Crippen LogP contribution in [0.1, 0.15) is 112 Å². The van der Waals surface area contributed by atoms with Crippen LogP contribution in [0.3, 0.4) is 0 Å². The summed E-state index contributed by atoms with van der Waals surface area (Å²) in [5, 5.41) is 17.4. The molecular weight excluding hydrogens is 717 g/mol. The van der Waals surface area contributed by atoms with E-state index in [1.807, 2.05) is 37.3 Å². The first-order valence-electron chi connectivity index (χ1n) is 21.7. The van der Waals surface area contributed by atoms with E-state index in [0.29, 0.717) is 31.5 Å². The van der Waals surface area contributed by atoms with Crippen molar-refractivity contribution in [1.82, 2.24) is 30.8 Å². The number of carbonyl (C=O) groups is 3. The van der Waals surface area contributed by atoms with Gasteiger partial charge in [-0.25, -0.2) is 14.8 Å². The Kier molecular flexibility index (Phi) is 14.4. The second-order valence-corrected chi connectivity index (χ2v) is 16.4. The first kappa shape index (κ1) is 40.6. The van der Waals surface area contributed by atoms with Crippen molar-refractivity contribution in [3.63, 3.8) is 0 Å². The summed E-state index contributed by atoms with van der Waals surface area (Å²) in [6.07, 6.45) is 12.9. The Hall–Kier alpha value is -4.55. The minimum atomic E-state index is -0.421. The fourth-order valence-electron chi connectivity index (χ4n) is 9.05. The second kappa shape index (κ2) is 20.2. The van der Waals surface area contributed by atoms with Gasteiger partial charge in [-0.2, -0.15) is 0 Å². The van der Waals surface area contributed by atoms with Crippen LogP contribution in [-0.2, 0) is 44.8 Å². The van der Waals surface area contributed by atoms with E-state index in [9.17, 15) is 14.4 Å². The number of pyridine rings is 2. The number of amides is 2. The molecule has 4 aliphatic rings. The Morgan fingerprint density at radius 2 is 1.47 bits per heavy atom. The molecule has 3 aromatic rings. The van der Waals surface area contributed by atoms with E-state index in [1.54, 1.807) is 0 Å². The lowest BCUT2D eigenvalue weighted by atomic mass is 9.90. The molecule has 0 spiro atoms. The summed E-state index contributed by atoms with van der Waals surface area (Å²) in [4.78, 5) is 50.7. The number of aryl methyl sites for hydroxylation is 4. The molecule has 0 bridgehead atoms. The highest BCUT2D eigenvalue weighted by atomic mass is 16.5. The molecule has 12 heteroatoms. The van der Waals surface area contributed by atoms with Crippen molar-refractivity contribution in [2.24, 2.45) is 0 Å². The number of piperidine rings is 2. The van der Waals surface area contributed by atoms with Gasteiger partial charge in [0.05, 0.1) is 6.61 Å². The maximum atomic E-state index is 13.0.